The second kappa shape index (κ2) is 6.36. The molecule has 122 valence electrons. The van der Waals surface area contributed by atoms with Gasteiger partial charge < -0.3 is 10.0 Å². The Morgan fingerprint density at radius 3 is 2.70 bits per heavy atom. The zero-order valence-electron chi connectivity index (χ0n) is 12.9. The van der Waals surface area contributed by atoms with Gasteiger partial charge in [-0.05, 0) is 49.9 Å². The van der Waals surface area contributed by atoms with E-state index in [1.807, 2.05) is 4.90 Å². The van der Waals surface area contributed by atoms with Gasteiger partial charge in [0.15, 0.2) is 5.82 Å². The molecule has 0 radical (unpaired) electrons. The lowest BCUT2D eigenvalue weighted by molar-refractivity contribution is 0.0690. The van der Waals surface area contributed by atoms with E-state index in [0.29, 0.717) is 11.5 Å². The highest BCUT2D eigenvalue weighted by Gasteiger charge is 2.29. The van der Waals surface area contributed by atoms with Gasteiger partial charge in [-0.25, -0.2) is 9.18 Å². The van der Waals surface area contributed by atoms with Gasteiger partial charge >= 0.3 is 5.97 Å². The van der Waals surface area contributed by atoms with Crippen molar-refractivity contribution in [1.82, 2.24) is 15.0 Å². The van der Waals surface area contributed by atoms with E-state index >= 15 is 0 Å². The standard InChI is InChI=1S/C16H19FN4O2/c1-2-12-5-3-4-10-20(12)15-14(16(22)23)18-21(19-15)13-8-6-11(17)7-9-13/h6-9,12H,2-5,10H2,1H3,(H,22,23)/t12-/m1/s1. The summed E-state index contributed by atoms with van der Waals surface area (Å²) >= 11 is 0. The Labute approximate surface area is 133 Å². The maximum atomic E-state index is 13.1. The van der Waals surface area contributed by atoms with E-state index in [-0.39, 0.29) is 17.6 Å². The van der Waals surface area contributed by atoms with Crippen LogP contribution in [0.25, 0.3) is 5.69 Å². The minimum atomic E-state index is -1.10. The molecule has 0 bridgehead atoms. The Morgan fingerprint density at radius 2 is 2.04 bits per heavy atom. The molecule has 1 aromatic heterocycles. The van der Waals surface area contributed by atoms with Gasteiger partial charge in [-0.1, -0.05) is 6.92 Å². The van der Waals surface area contributed by atoms with E-state index in [1.165, 1.54) is 29.1 Å². The van der Waals surface area contributed by atoms with Crippen molar-refractivity contribution in [3.05, 3.63) is 35.8 Å². The lowest BCUT2D eigenvalue weighted by Crippen LogP contribution is -2.40. The van der Waals surface area contributed by atoms with E-state index in [2.05, 4.69) is 17.1 Å². The summed E-state index contributed by atoms with van der Waals surface area (Å²) < 4.78 is 13.1. The predicted molar refractivity (Wildman–Crippen MR) is 83.6 cm³/mol. The lowest BCUT2D eigenvalue weighted by atomic mass is 10.00. The normalized spacial score (nSPS) is 18.2. The highest BCUT2D eigenvalue weighted by Crippen LogP contribution is 2.27. The fourth-order valence-electron chi connectivity index (χ4n) is 3.02. The van der Waals surface area contributed by atoms with Crippen molar-refractivity contribution in [2.45, 2.75) is 38.6 Å². The smallest absolute Gasteiger partial charge is 0.360 e. The fourth-order valence-corrected chi connectivity index (χ4v) is 3.02. The Bertz CT molecular complexity index is 699. The van der Waals surface area contributed by atoms with Crippen molar-refractivity contribution in [2.24, 2.45) is 0 Å². The highest BCUT2D eigenvalue weighted by molar-refractivity contribution is 5.91. The first-order chi connectivity index (χ1) is 11.1. The number of hydrogen-bond acceptors (Lipinski definition) is 4. The summed E-state index contributed by atoms with van der Waals surface area (Å²) in [7, 11) is 0. The zero-order chi connectivity index (χ0) is 16.4. The van der Waals surface area contributed by atoms with Crippen LogP contribution in [0.3, 0.4) is 0 Å². The number of aromatic nitrogens is 3. The molecule has 1 N–H and O–H groups in total. The number of rotatable bonds is 4. The minimum Gasteiger partial charge on any atom is -0.476 e. The minimum absolute atomic E-state index is 0.0605. The molecule has 1 atom stereocenters. The van der Waals surface area contributed by atoms with Crippen molar-refractivity contribution in [1.29, 1.82) is 0 Å². The largest absolute Gasteiger partial charge is 0.476 e. The van der Waals surface area contributed by atoms with Crippen molar-refractivity contribution in [2.75, 3.05) is 11.4 Å². The maximum Gasteiger partial charge on any atom is 0.360 e. The van der Waals surface area contributed by atoms with Gasteiger partial charge in [0.25, 0.3) is 0 Å². The monoisotopic (exact) mass is 318 g/mol. The third-order valence-corrected chi connectivity index (χ3v) is 4.23. The molecule has 1 aliphatic heterocycles. The molecule has 1 fully saturated rings. The summed E-state index contributed by atoms with van der Waals surface area (Å²) in [5.74, 6) is -1.07. The number of carboxylic acids is 1. The van der Waals surface area contributed by atoms with Crippen LogP contribution < -0.4 is 4.90 Å². The molecule has 0 amide bonds. The molecule has 23 heavy (non-hydrogen) atoms. The van der Waals surface area contributed by atoms with Gasteiger partial charge in [0.1, 0.15) is 5.82 Å². The molecule has 0 saturated carbocycles. The number of benzene rings is 1. The van der Waals surface area contributed by atoms with E-state index in [1.54, 1.807) is 0 Å². The average Bonchev–Trinajstić information content (AvgIpc) is 3.01. The summed E-state index contributed by atoms with van der Waals surface area (Å²) in [4.78, 5) is 14.9. The van der Waals surface area contributed by atoms with Crippen molar-refractivity contribution in [3.63, 3.8) is 0 Å². The van der Waals surface area contributed by atoms with Crippen LogP contribution in [-0.4, -0.2) is 38.7 Å². The SMILES string of the molecule is CC[C@@H]1CCCCN1c1nn(-c2ccc(F)cc2)nc1C(=O)O. The maximum absolute atomic E-state index is 13.1. The number of carbonyl (C=O) groups is 1. The molecule has 1 aromatic carbocycles. The molecule has 0 unspecified atom stereocenters. The zero-order valence-corrected chi connectivity index (χ0v) is 12.9. The molecule has 1 saturated heterocycles. The van der Waals surface area contributed by atoms with Crippen LogP contribution in [0.5, 0.6) is 0 Å². The van der Waals surface area contributed by atoms with Crippen LogP contribution in [0.15, 0.2) is 24.3 Å². The second-order valence-corrected chi connectivity index (χ2v) is 5.69. The summed E-state index contributed by atoms with van der Waals surface area (Å²) in [6, 6.07) is 5.93. The summed E-state index contributed by atoms with van der Waals surface area (Å²) in [5.41, 5.74) is 0.472. The first kappa shape index (κ1) is 15.5. The Hall–Kier alpha value is -2.44. The number of halogens is 1. The number of carboxylic acid groups (broad SMARTS) is 1. The van der Waals surface area contributed by atoms with Crippen molar-refractivity contribution in [3.8, 4) is 5.69 Å². The van der Waals surface area contributed by atoms with Crippen LogP contribution in [0.4, 0.5) is 10.2 Å². The Kier molecular flexibility index (Phi) is 4.27. The highest BCUT2D eigenvalue weighted by atomic mass is 19.1. The quantitative estimate of drug-likeness (QED) is 0.938. The van der Waals surface area contributed by atoms with Gasteiger partial charge in [0.05, 0.1) is 5.69 Å². The van der Waals surface area contributed by atoms with E-state index < -0.39 is 5.97 Å². The van der Waals surface area contributed by atoms with E-state index in [4.69, 9.17) is 0 Å². The number of aromatic carboxylic acids is 1. The molecule has 1 aliphatic rings. The van der Waals surface area contributed by atoms with Crippen molar-refractivity contribution < 1.29 is 14.3 Å². The molecule has 2 heterocycles. The molecule has 6 nitrogen and oxygen atoms in total. The summed E-state index contributed by atoms with van der Waals surface area (Å²) in [6.45, 7) is 2.87. The van der Waals surface area contributed by atoms with E-state index in [0.717, 1.165) is 32.2 Å². The third kappa shape index (κ3) is 3.04. The van der Waals surface area contributed by atoms with Crippen LogP contribution >= 0.6 is 0 Å². The molecular weight excluding hydrogens is 299 g/mol. The molecule has 0 aliphatic carbocycles. The van der Waals surface area contributed by atoms with Crippen LogP contribution in [0.2, 0.25) is 0 Å². The first-order valence-electron chi connectivity index (χ1n) is 7.83. The second-order valence-electron chi connectivity index (χ2n) is 5.69. The number of hydrogen-bond donors (Lipinski definition) is 1. The summed E-state index contributed by atoms with van der Waals surface area (Å²) in [6.07, 6.45) is 4.11. The lowest BCUT2D eigenvalue weighted by Gasteiger charge is -2.35. The van der Waals surface area contributed by atoms with Gasteiger partial charge in [0.2, 0.25) is 5.69 Å². The molecule has 7 heteroatoms. The number of anilines is 1. The Balaban J connectivity index is 2.02. The fraction of sp³-hybridized carbons (Fsp3) is 0.438. The third-order valence-electron chi connectivity index (χ3n) is 4.23. The van der Waals surface area contributed by atoms with Crippen LogP contribution in [-0.2, 0) is 0 Å². The van der Waals surface area contributed by atoms with Gasteiger partial charge in [-0.15, -0.1) is 15.0 Å². The van der Waals surface area contributed by atoms with Gasteiger partial charge in [-0.3, -0.25) is 0 Å². The van der Waals surface area contributed by atoms with Gasteiger partial charge in [0, 0.05) is 12.6 Å². The Morgan fingerprint density at radius 1 is 1.30 bits per heavy atom. The predicted octanol–water partition coefficient (Wildman–Crippen LogP) is 2.87. The van der Waals surface area contributed by atoms with Gasteiger partial charge in [-0.2, -0.15) is 0 Å². The summed E-state index contributed by atoms with van der Waals surface area (Å²) in [5, 5.41) is 17.9. The molecule has 2 aromatic rings. The topological polar surface area (TPSA) is 71.2 Å². The van der Waals surface area contributed by atoms with Crippen LogP contribution in [0, 0.1) is 5.82 Å². The van der Waals surface area contributed by atoms with E-state index in [9.17, 15) is 14.3 Å². The van der Waals surface area contributed by atoms with Crippen LogP contribution in [0.1, 0.15) is 43.1 Å². The first-order valence-corrected chi connectivity index (χ1v) is 7.83. The van der Waals surface area contributed by atoms with Crippen molar-refractivity contribution >= 4 is 11.8 Å². The number of nitrogens with zero attached hydrogens (tertiary/aromatic N) is 4. The number of piperidine rings is 1. The molecule has 3 rings (SSSR count). The molecule has 0 spiro atoms. The molecular formula is C16H19FN4O2. The average molecular weight is 318 g/mol.